The number of ether oxygens (including phenoxy) is 4. The second-order valence-corrected chi connectivity index (χ2v) is 30.7. The third kappa shape index (κ3) is 68.7. The number of aliphatic hydroxyl groups is 1. The van der Waals surface area contributed by atoms with Crippen LogP contribution in [-0.4, -0.2) is 96.7 Å². The van der Waals surface area contributed by atoms with E-state index in [1.54, 1.807) is 0 Å². The maximum Gasteiger partial charge on any atom is 0.472 e. The van der Waals surface area contributed by atoms with Crippen molar-refractivity contribution in [3.05, 3.63) is 24.3 Å². The molecule has 0 aromatic carbocycles. The second kappa shape index (κ2) is 68.3. The van der Waals surface area contributed by atoms with Gasteiger partial charge in [-0.1, -0.05) is 323 Å². The molecule has 0 aromatic rings. The van der Waals surface area contributed by atoms with E-state index >= 15 is 0 Å². The highest BCUT2D eigenvalue weighted by molar-refractivity contribution is 7.47. The van der Waals surface area contributed by atoms with Gasteiger partial charge < -0.3 is 33.8 Å². The predicted molar refractivity (Wildman–Crippen MR) is 391 cm³/mol. The molecule has 96 heavy (non-hydrogen) atoms. The summed E-state index contributed by atoms with van der Waals surface area (Å²) < 4.78 is 68.5. The van der Waals surface area contributed by atoms with Gasteiger partial charge in [-0.25, -0.2) is 9.13 Å². The van der Waals surface area contributed by atoms with Gasteiger partial charge in [-0.05, 0) is 63.2 Å². The Hall–Kier alpha value is -2.46. The Balaban J connectivity index is 5.31. The van der Waals surface area contributed by atoms with Gasteiger partial charge in [-0.2, -0.15) is 0 Å². The Kier molecular flexibility index (Phi) is 66.6. The first-order valence-electron chi connectivity index (χ1n) is 39.3. The van der Waals surface area contributed by atoms with Crippen molar-refractivity contribution in [3.63, 3.8) is 0 Å². The fourth-order valence-corrected chi connectivity index (χ4v) is 12.8. The van der Waals surface area contributed by atoms with Crippen LogP contribution in [-0.2, 0) is 65.4 Å². The lowest BCUT2D eigenvalue weighted by Crippen LogP contribution is -2.30. The molecule has 0 saturated carbocycles. The number of allylic oxidation sites excluding steroid dienone is 4. The van der Waals surface area contributed by atoms with E-state index in [1.165, 1.54) is 180 Å². The van der Waals surface area contributed by atoms with Crippen LogP contribution in [0.15, 0.2) is 24.3 Å². The zero-order valence-electron chi connectivity index (χ0n) is 62.2. The lowest BCUT2D eigenvalue weighted by molar-refractivity contribution is -0.161. The summed E-state index contributed by atoms with van der Waals surface area (Å²) in [7, 11) is -9.93. The Bertz CT molecular complexity index is 1950. The monoisotopic (exact) mass is 1410 g/mol. The van der Waals surface area contributed by atoms with E-state index in [4.69, 9.17) is 37.0 Å². The Morgan fingerprint density at radius 3 is 0.938 bits per heavy atom. The summed E-state index contributed by atoms with van der Waals surface area (Å²) in [6.45, 7) is 9.57. The molecule has 0 fully saturated rings. The Morgan fingerprint density at radius 1 is 0.344 bits per heavy atom. The first-order chi connectivity index (χ1) is 46.4. The van der Waals surface area contributed by atoms with Crippen LogP contribution < -0.4 is 0 Å². The molecule has 0 heterocycles. The third-order valence-corrected chi connectivity index (χ3v) is 19.6. The highest BCUT2D eigenvalue weighted by atomic mass is 31.2. The van der Waals surface area contributed by atoms with Crippen molar-refractivity contribution in [2.45, 2.75) is 394 Å². The van der Waals surface area contributed by atoms with Crippen molar-refractivity contribution in [1.82, 2.24) is 0 Å². The van der Waals surface area contributed by atoms with E-state index in [0.717, 1.165) is 115 Å². The van der Waals surface area contributed by atoms with Crippen molar-refractivity contribution < 1.29 is 80.2 Å². The number of unbranched alkanes of at least 4 members (excludes halogenated alkanes) is 40. The molecule has 3 unspecified atom stereocenters. The van der Waals surface area contributed by atoms with Crippen LogP contribution in [0, 0.1) is 11.8 Å². The van der Waals surface area contributed by atoms with E-state index in [-0.39, 0.29) is 25.7 Å². The molecule has 566 valence electrons. The van der Waals surface area contributed by atoms with Crippen molar-refractivity contribution in [2.24, 2.45) is 11.8 Å². The topological polar surface area (TPSA) is 237 Å². The molecule has 19 heteroatoms. The number of rotatable bonds is 74. The lowest BCUT2D eigenvalue weighted by atomic mass is 9.99. The van der Waals surface area contributed by atoms with Crippen molar-refractivity contribution in [3.8, 4) is 0 Å². The number of phosphoric ester groups is 2. The normalized spacial score (nSPS) is 14.4. The van der Waals surface area contributed by atoms with Crippen LogP contribution in [0.5, 0.6) is 0 Å². The molecule has 6 atom stereocenters. The molecule has 0 amide bonds. The molecule has 0 aromatic heterocycles. The molecular formula is C77H146O17P2. The van der Waals surface area contributed by atoms with Crippen LogP contribution in [0.3, 0.4) is 0 Å². The van der Waals surface area contributed by atoms with Gasteiger partial charge in [0.15, 0.2) is 12.2 Å². The summed E-state index contributed by atoms with van der Waals surface area (Å²) in [5, 5.41) is 10.6. The summed E-state index contributed by atoms with van der Waals surface area (Å²) in [5.74, 6) is -0.562. The van der Waals surface area contributed by atoms with Gasteiger partial charge in [0.1, 0.15) is 19.3 Å². The highest BCUT2D eigenvalue weighted by Crippen LogP contribution is 2.45. The van der Waals surface area contributed by atoms with Crippen molar-refractivity contribution in [2.75, 3.05) is 39.6 Å². The van der Waals surface area contributed by atoms with Crippen molar-refractivity contribution >= 4 is 39.5 Å². The molecule has 0 rings (SSSR count). The Morgan fingerprint density at radius 2 is 0.615 bits per heavy atom. The molecule has 0 saturated heterocycles. The fourth-order valence-electron chi connectivity index (χ4n) is 11.3. The quantitative estimate of drug-likeness (QED) is 0.0169. The summed E-state index contributed by atoms with van der Waals surface area (Å²) in [6.07, 6.45) is 58.8. The average Bonchev–Trinajstić information content (AvgIpc) is 1.12. The molecule has 0 aliphatic rings. The number of phosphoric acid groups is 2. The zero-order valence-corrected chi connectivity index (χ0v) is 63.9. The predicted octanol–water partition coefficient (Wildman–Crippen LogP) is 22.3. The van der Waals surface area contributed by atoms with E-state index in [9.17, 15) is 43.2 Å². The molecule has 17 nitrogen and oxygen atoms in total. The third-order valence-electron chi connectivity index (χ3n) is 17.7. The maximum absolute atomic E-state index is 13.1. The Labute approximate surface area is 586 Å². The molecule has 0 aliphatic carbocycles. The van der Waals surface area contributed by atoms with Gasteiger partial charge in [0, 0.05) is 25.7 Å². The van der Waals surface area contributed by atoms with Gasteiger partial charge >= 0.3 is 39.5 Å². The summed E-state index contributed by atoms with van der Waals surface area (Å²) in [5.41, 5.74) is 0. The van der Waals surface area contributed by atoms with Crippen LogP contribution in [0.1, 0.15) is 375 Å². The molecule has 0 bridgehead atoms. The van der Waals surface area contributed by atoms with Crippen LogP contribution in [0.4, 0.5) is 0 Å². The smallest absolute Gasteiger partial charge is 0.462 e. The van der Waals surface area contributed by atoms with Gasteiger partial charge in [-0.3, -0.25) is 37.3 Å². The molecular weight excluding hydrogens is 1260 g/mol. The first kappa shape index (κ1) is 93.5. The minimum absolute atomic E-state index is 0.0851. The average molecular weight is 1410 g/mol. The van der Waals surface area contributed by atoms with E-state index < -0.39 is 97.5 Å². The van der Waals surface area contributed by atoms with E-state index in [0.29, 0.717) is 25.7 Å². The highest BCUT2D eigenvalue weighted by Gasteiger charge is 2.30. The van der Waals surface area contributed by atoms with Gasteiger partial charge in [0.05, 0.1) is 26.4 Å². The first-order valence-corrected chi connectivity index (χ1v) is 42.3. The van der Waals surface area contributed by atoms with Gasteiger partial charge in [0.25, 0.3) is 0 Å². The standard InChI is InChI=1S/C77H146O17P2/c1-7-10-12-14-16-18-20-22-23-24-30-37-43-49-55-61-76(81)93-72(65-88-75(80)60-54-48-42-36-29-26-25-27-33-39-45-51-57-69(4)5)67-91-95(83,84)89-63-71(78)64-90-96(85,86)92-68-73(66-87-74(79)59-53-47-41-35-28-21-19-17-15-13-11-8-2)94-77(82)62-56-50-44-38-32-31-34-40-46-52-58-70(6)9-3/h18,20,22-23,69-73,78H,7-17,19,21,24-68H2,1-6H3,(H,83,84)(H,85,86)/b20-18-,23-22-/t70?,71-,72-,73-/m1/s1. The van der Waals surface area contributed by atoms with Crippen LogP contribution >= 0.6 is 15.6 Å². The van der Waals surface area contributed by atoms with E-state index in [1.807, 2.05) is 0 Å². The number of esters is 4. The van der Waals surface area contributed by atoms with Crippen LogP contribution in [0.2, 0.25) is 0 Å². The summed E-state index contributed by atoms with van der Waals surface area (Å²) in [4.78, 5) is 72.9. The number of carbonyl (C=O) groups excluding carboxylic acids is 4. The molecule has 0 radical (unpaired) electrons. The minimum atomic E-state index is -4.97. The van der Waals surface area contributed by atoms with Gasteiger partial charge in [-0.15, -0.1) is 0 Å². The summed E-state index contributed by atoms with van der Waals surface area (Å²) >= 11 is 0. The second-order valence-electron chi connectivity index (χ2n) is 27.8. The molecule has 0 aliphatic heterocycles. The lowest BCUT2D eigenvalue weighted by Gasteiger charge is -2.21. The molecule has 0 spiro atoms. The van der Waals surface area contributed by atoms with E-state index in [2.05, 4.69) is 65.8 Å². The van der Waals surface area contributed by atoms with Gasteiger partial charge in [0.2, 0.25) is 0 Å². The number of aliphatic hydroxyl groups excluding tert-OH is 1. The summed E-state index contributed by atoms with van der Waals surface area (Å²) in [6, 6.07) is 0. The fraction of sp³-hybridized carbons (Fsp3) is 0.896. The number of hydrogen-bond donors (Lipinski definition) is 3. The minimum Gasteiger partial charge on any atom is -0.462 e. The largest absolute Gasteiger partial charge is 0.472 e. The maximum atomic E-state index is 13.1. The molecule has 3 N–H and O–H groups in total. The SMILES string of the molecule is CCCCCC/C=C\C=C/CCCCCCCC(=O)O[C@H](COC(=O)CCCCCCCCCCCCCCC(C)C)COP(=O)(O)OC[C@@H](O)COP(=O)(O)OC[C@@H](COC(=O)CCCCCCCCCCCCCC)OC(=O)CCCCCCCCCCCCC(C)CC. The number of carbonyl (C=O) groups is 4. The van der Waals surface area contributed by atoms with Crippen LogP contribution in [0.25, 0.3) is 0 Å². The number of hydrogen-bond acceptors (Lipinski definition) is 15. The van der Waals surface area contributed by atoms with Crippen molar-refractivity contribution in [1.29, 1.82) is 0 Å². The zero-order chi connectivity index (χ0) is 70.7.